The molecule has 28 heavy (non-hydrogen) atoms. The second-order valence-corrected chi connectivity index (χ2v) is 8.47. The second kappa shape index (κ2) is 8.04. The van der Waals surface area contributed by atoms with Crippen LogP contribution in [0.3, 0.4) is 0 Å². The molecule has 0 aliphatic heterocycles. The quantitative estimate of drug-likeness (QED) is 0.628. The molecule has 0 aliphatic rings. The summed E-state index contributed by atoms with van der Waals surface area (Å²) in [5.74, 6) is 0.104. The van der Waals surface area contributed by atoms with Gasteiger partial charge >= 0.3 is 0 Å². The van der Waals surface area contributed by atoms with Crippen molar-refractivity contribution in [2.75, 3.05) is 10.0 Å². The summed E-state index contributed by atoms with van der Waals surface area (Å²) in [6, 6.07) is 13.9. The molecule has 0 saturated carbocycles. The molecule has 1 aromatic heterocycles. The van der Waals surface area contributed by atoms with Crippen LogP contribution in [-0.4, -0.2) is 24.1 Å². The van der Waals surface area contributed by atoms with E-state index in [2.05, 4.69) is 15.1 Å². The van der Waals surface area contributed by atoms with Gasteiger partial charge in [0, 0.05) is 22.7 Å². The molecular formula is C19H19ClN4O3S. The number of nitrogens with one attached hydrogen (secondary N) is 2. The average molecular weight is 419 g/mol. The first-order chi connectivity index (χ1) is 13.3. The predicted molar refractivity (Wildman–Crippen MR) is 109 cm³/mol. The lowest BCUT2D eigenvalue weighted by molar-refractivity contribution is 0.102. The Morgan fingerprint density at radius 2 is 1.86 bits per heavy atom. The first-order valence-electron chi connectivity index (χ1n) is 8.49. The SMILES string of the molecule is CC(C)n1nccc1NC(=O)c1cccc(S(=O)(=O)Nc2cccc(Cl)c2)c1. The molecular weight excluding hydrogens is 400 g/mol. The molecule has 0 saturated heterocycles. The van der Waals surface area contributed by atoms with Gasteiger partial charge in [-0.25, -0.2) is 13.1 Å². The van der Waals surface area contributed by atoms with Crippen LogP contribution in [-0.2, 0) is 10.0 Å². The van der Waals surface area contributed by atoms with Gasteiger partial charge in [0.1, 0.15) is 5.82 Å². The van der Waals surface area contributed by atoms with E-state index in [-0.39, 0.29) is 16.5 Å². The molecule has 1 amide bonds. The fraction of sp³-hybridized carbons (Fsp3) is 0.158. The minimum absolute atomic E-state index is 0.0301. The van der Waals surface area contributed by atoms with Crippen molar-refractivity contribution < 1.29 is 13.2 Å². The minimum Gasteiger partial charge on any atom is -0.307 e. The number of halogens is 1. The van der Waals surface area contributed by atoms with Crippen molar-refractivity contribution in [1.29, 1.82) is 0 Å². The zero-order valence-electron chi connectivity index (χ0n) is 15.3. The Balaban J connectivity index is 1.83. The van der Waals surface area contributed by atoms with Crippen molar-refractivity contribution in [3.63, 3.8) is 0 Å². The number of rotatable bonds is 6. The van der Waals surface area contributed by atoms with Crippen molar-refractivity contribution in [2.45, 2.75) is 24.8 Å². The van der Waals surface area contributed by atoms with Crippen LogP contribution < -0.4 is 10.0 Å². The Morgan fingerprint density at radius 1 is 1.11 bits per heavy atom. The van der Waals surface area contributed by atoms with Crippen molar-refractivity contribution in [3.8, 4) is 0 Å². The molecule has 9 heteroatoms. The van der Waals surface area contributed by atoms with Crippen LogP contribution in [0, 0.1) is 0 Å². The van der Waals surface area contributed by atoms with Gasteiger partial charge in [-0.3, -0.25) is 9.52 Å². The second-order valence-electron chi connectivity index (χ2n) is 6.35. The zero-order chi connectivity index (χ0) is 20.3. The number of carbonyl (C=O) groups excluding carboxylic acids is 1. The van der Waals surface area contributed by atoms with Gasteiger partial charge in [-0.1, -0.05) is 23.7 Å². The minimum atomic E-state index is -3.88. The van der Waals surface area contributed by atoms with E-state index in [0.717, 1.165) is 0 Å². The largest absolute Gasteiger partial charge is 0.307 e. The predicted octanol–water partition coefficient (Wildman–Crippen LogP) is 4.17. The van der Waals surface area contributed by atoms with Crippen molar-refractivity contribution >= 4 is 39.0 Å². The summed E-state index contributed by atoms with van der Waals surface area (Å²) in [7, 11) is -3.88. The van der Waals surface area contributed by atoms with E-state index in [0.29, 0.717) is 16.5 Å². The molecule has 0 radical (unpaired) electrons. The number of hydrogen-bond acceptors (Lipinski definition) is 4. The van der Waals surface area contributed by atoms with E-state index >= 15 is 0 Å². The lowest BCUT2D eigenvalue weighted by atomic mass is 10.2. The maximum absolute atomic E-state index is 12.6. The van der Waals surface area contributed by atoms with Crippen molar-refractivity contribution in [3.05, 3.63) is 71.4 Å². The van der Waals surface area contributed by atoms with E-state index in [1.807, 2.05) is 13.8 Å². The molecule has 146 valence electrons. The standard InChI is InChI=1S/C19H19ClN4O3S/c1-13(2)24-18(9-10-21-24)22-19(25)14-5-3-8-17(11-14)28(26,27)23-16-7-4-6-15(20)12-16/h3-13,23H,1-2H3,(H,22,25). The van der Waals surface area contributed by atoms with Gasteiger partial charge in [-0.15, -0.1) is 0 Å². The first kappa shape index (κ1) is 19.9. The van der Waals surface area contributed by atoms with Crippen molar-refractivity contribution in [2.24, 2.45) is 0 Å². The summed E-state index contributed by atoms with van der Waals surface area (Å²) in [5, 5.41) is 7.32. The Labute approximate surface area is 168 Å². The fourth-order valence-electron chi connectivity index (χ4n) is 2.58. The summed E-state index contributed by atoms with van der Waals surface area (Å²) < 4.78 is 29.4. The monoisotopic (exact) mass is 418 g/mol. The number of benzene rings is 2. The summed E-state index contributed by atoms with van der Waals surface area (Å²) in [6.45, 7) is 3.88. The van der Waals surface area contributed by atoms with E-state index in [1.54, 1.807) is 41.2 Å². The lowest BCUT2D eigenvalue weighted by Gasteiger charge is -2.12. The molecule has 0 atom stereocenters. The molecule has 0 spiro atoms. The van der Waals surface area contributed by atoms with E-state index in [4.69, 9.17) is 11.6 Å². The van der Waals surface area contributed by atoms with Gasteiger partial charge in [0.15, 0.2) is 0 Å². The van der Waals surface area contributed by atoms with E-state index in [1.165, 1.54) is 24.3 Å². The highest BCUT2D eigenvalue weighted by molar-refractivity contribution is 7.92. The van der Waals surface area contributed by atoms with Crippen LogP contribution in [0.5, 0.6) is 0 Å². The third-order valence-corrected chi connectivity index (χ3v) is 5.50. The first-order valence-corrected chi connectivity index (χ1v) is 10.4. The number of sulfonamides is 1. The molecule has 0 aliphatic carbocycles. The van der Waals surface area contributed by atoms with Gasteiger partial charge in [-0.2, -0.15) is 5.10 Å². The van der Waals surface area contributed by atoms with Gasteiger partial charge in [0.2, 0.25) is 0 Å². The molecule has 0 unspecified atom stereocenters. The highest BCUT2D eigenvalue weighted by Gasteiger charge is 2.18. The van der Waals surface area contributed by atoms with Gasteiger partial charge < -0.3 is 5.32 Å². The molecule has 1 heterocycles. The van der Waals surface area contributed by atoms with Crippen LogP contribution >= 0.6 is 11.6 Å². The smallest absolute Gasteiger partial charge is 0.261 e. The van der Waals surface area contributed by atoms with Gasteiger partial charge in [0.05, 0.1) is 16.8 Å². The van der Waals surface area contributed by atoms with Crippen LogP contribution in [0.1, 0.15) is 30.2 Å². The molecule has 0 bridgehead atoms. The maximum atomic E-state index is 12.6. The Morgan fingerprint density at radius 3 is 2.57 bits per heavy atom. The summed E-state index contributed by atoms with van der Waals surface area (Å²) >= 11 is 5.89. The molecule has 0 fully saturated rings. The molecule has 3 aromatic rings. The summed E-state index contributed by atoms with van der Waals surface area (Å²) in [6.07, 6.45) is 1.59. The van der Waals surface area contributed by atoms with Gasteiger partial charge in [0.25, 0.3) is 15.9 Å². The number of aromatic nitrogens is 2. The summed E-state index contributed by atoms with van der Waals surface area (Å²) in [4.78, 5) is 12.6. The van der Waals surface area contributed by atoms with Gasteiger partial charge in [-0.05, 0) is 50.2 Å². The Bertz CT molecular complexity index is 1110. The lowest BCUT2D eigenvalue weighted by Crippen LogP contribution is -2.18. The number of hydrogen-bond donors (Lipinski definition) is 2. The number of nitrogens with zero attached hydrogens (tertiary/aromatic N) is 2. The van der Waals surface area contributed by atoms with E-state index in [9.17, 15) is 13.2 Å². The van der Waals surface area contributed by atoms with E-state index < -0.39 is 15.9 Å². The topological polar surface area (TPSA) is 93.1 Å². The highest BCUT2D eigenvalue weighted by atomic mass is 35.5. The third-order valence-electron chi connectivity index (χ3n) is 3.88. The number of amides is 1. The number of anilines is 2. The molecule has 3 rings (SSSR count). The Kier molecular flexibility index (Phi) is 5.71. The highest BCUT2D eigenvalue weighted by Crippen LogP contribution is 2.21. The molecule has 2 aromatic carbocycles. The number of carbonyl (C=O) groups is 1. The fourth-order valence-corrected chi connectivity index (χ4v) is 3.87. The zero-order valence-corrected chi connectivity index (χ0v) is 16.8. The van der Waals surface area contributed by atoms with Crippen LogP contribution in [0.2, 0.25) is 5.02 Å². The van der Waals surface area contributed by atoms with Crippen molar-refractivity contribution in [1.82, 2.24) is 9.78 Å². The Hall–Kier alpha value is -2.84. The van der Waals surface area contributed by atoms with Crippen LogP contribution in [0.15, 0.2) is 65.7 Å². The van der Waals surface area contributed by atoms with Crippen LogP contribution in [0.4, 0.5) is 11.5 Å². The summed E-state index contributed by atoms with van der Waals surface area (Å²) in [5.41, 5.74) is 0.550. The third kappa shape index (κ3) is 4.52. The molecule has 7 nitrogen and oxygen atoms in total. The molecule has 2 N–H and O–H groups in total. The van der Waals surface area contributed by atoms with Crippen LogP contribution in [0.25, 0.3) is 0 Å². The average Bonchev–Trinajstić information content (AvgIpc) is 3.10. The maximum Gasteiger partial charge on any atom is 0.261 e. The normalized spacial score (nSPS) is 11.4.